The highest BCUT2D eigenvalue weighted by Gasteiger charge is 2.18. The van der Waals surface area contributed by atoms with Gasteiger partial charge in [0, 0.05) is 6.54 Å². The summed E-state index contributed by atoms with van der Waals surface area (Å²) < 4.78 is 0. The average molecular weight is 305 g/mol. The van der Waals surface area contributed by atoms with Crippen molar-refractivity contribution in [3.63, 3.8) is 0 Å². The number of likely N-dealkylation sites (tertiary alicyclic amines) is 1. The molecule has 21 heavy (non-hydrogen) atoms. The van der Waals surface area contributed by atoms with Gasteiger partial charge in [0.1, 0.15) is 0 Å². The number of fused-ring (bicyclic) bond motifs is 1. The number of nitrogens with zero attached hydrogens (tertiary/aromatic N) is 1. The van der Waals surface area contributed by atoms with Gasteiger partial charge in [-0.25, -0.2) is 0 Å². The number of piperidine rings is 1. The van der Waals surface area contributed by atoms with Gasteiger partial charge in [-0.2, -0.15) is 0 Å². The molecule has 1 aliphatic heterocycles. The molecule has 1 saturated heterocycles. The second-order valence-electron chi connectivity index (χ2n) is 5.96. The molecule has 3 rings (SSSR count). The largest absolute Gasteiger partial charge is 0.319 e. The molecular formula is C18H25ClN2. The molecule has 2 aromatic carbocycles. The van der Waals surface area contributed by atoms with Crippen molar-refractivity contribution in [3.05, 3.63) is 48.0 Å². The molecule has 0 radical (unpaired) electrons. The summed E-state index contributed by atoms with van der Waals surface area (Å²) in [4.78, 5) is 2.59. The molecule has 3 heteroatoms. The van der Waals surface area contributed by atoms with E-state index in [4.69, 9.17) is 0 Å². The fourth-order valence-corrected chi connectivity index (χ4v) is 3.23. The molecule has 2 nitrogen and oxygen atoms in total. The van der Waals surface area contributed by atoms with Crippen LogP contribution < -0.4 is 5.32 Å². The Morgan fingerprint density at radius 2 is 1.76 bits per heavy atom. The molecule has 0 aromatic heterocycles. The third-order valence-corrected chi connectivity index (χ3v) is 4.42. The first-order chi connectivity index (χ1) is 9.85. The van der Waals surface area contributed by atoms with E-state index in [-0.39, 0.29) is 12.4 Å². The van der Waals surface area contributed by atoms with Gasteiger partial charge in [0.25, 0.3) is 0 Å². The predicted octanol–water partition coefficient (Wildman–Crippen LogP) is 3.69. The second kappa shape index (κ2) is 7.79. The van der Waals surface area contributed by atoms with E-state index in [9.17, 15) is 0 Å². The van der Waals surface area contributed by atoms with Gasteiger partial charge in [-0.1, -0.05) is 36.4 Å². The van der Waals surface area contributed by atoms with Crippen LogP contribution in [-0.4, -0.2) is 31.6 Å². The number of hydrogen-bond acceptors (Lipinski definition) is 2. The number of halogens is 1. The Kier molecular flexibility index (Phi) is 6.04. The second-order valence-corrected chi connectivity index (χ2v) is 5.96. The maximum absolute atomic E-state index is 3.30. The van der Waals surface area contributed by atoms with Crippen molar-refractivity contribution in [2.45, 2.75) is 19.4 Å². The lowest BCUT2D eigenvalue weighted by Gasteiger charge is -2.31. The van der Waals surface area contributed by atoms with Crippen LogP contribution in [0.1, 0.15) is 18.4 Å². The van der Waals surface area contributed by atoms with E-state index in [1.807, 2.05) is 0 Å². The van der Waals surface area contributed by atoms with Crippen LogP contribution in [-0.2, 0) is 6.54 Å². The highest BCUT2D eigenvalue weighted by molar-refractivity contribution is 5.85. The van der Waals surface area contributed by atoms with E-state index in [0.29, 0.717) is 0 Å². The zero-order valence-electron chi connectivity index (χ0n) is 12.7. The summed E-state index contributed by atoms with van der Waals surface area (Å²) in [7, 11) is 2.06. The minimum Gasteiger partial charge on any atom is -0.319 e. The molecule has 0 atom stereocenters. The molecule has 1 heterocycles. The molecule has 1 aliphatic rings. The minimum atomic E-state index is 0. The van der Waals surface area contributed by atoms with Crippen LogP contribution >= 0.6 is 12.4 Å². The molecular weight excluding hydrogens is 280 g/mol. The molecule has 114 valence electrons. The Labute approximate surface area is 133 Å². The molecule has 1 fully saturated rings. The van der Waals surface area contributed by atoms with Crippen molar-refractivity contribution in [1.82, 2.24) is 10.2 Å². The van der Waals surface area contributed by atoms with Crippen molar-refractivity contribution in [1.29, 1.82) is 0 Å². The summed E-state index contributed by atoms with van der Waals surface area (Å²) in [6.07, 6.45) is 2.66. The highest BCUT2D eigenvalue weighted by atomic mass is 35.5. The van der Waals surface area contributed by atoms with E-state index in [1.165, 1.54) is 48.8 Å². The van der Waals surface area contributed by atoms with Gasteiger partial charge in [0.05, 0.1) is 0 Å². The maximum atomic E-state index is 3.30. The zero-order valence-corrected chi connectivity index (χ0v) is 13.5. The van der Waals surface area contributed by atoms with Gasteiger partial charge in [-0.3, -0.25) is 4.90 Å². The van der Waals surface area contributed by atoms with Crippen LogP contribution in [0.25, 0.3) is 10.8 Å². The van der Waals surface area contributed by atoms with Crippen LogP contribution in [0.15, 0.2) is 42.5 Å². The third-order valence-electron chi connectivity index (χ3n) is 4.42. The van der Waals surface area contributed by atoms with Crippen molar-refractivity contribution >= 4 is 23.2 Å². The summed E-state index contributed by atoms with van der Waals surface area (Å²) in [5, 5.41) is 6.00. The van der Waals surface area contributed by atoms with Crippen LogP contribution in [0.2, 0.25) is 0 Å². The topological polar surface area (TPSA) is 15.3 Å². The van der Waals surface area contributed by atoms with Gasteiger partial charge in [-0.05, 0) is 67.8 Å². The van der Waals surface area contributed by atoms with Gasteiger partial charge >= 0.3 is 0 Å². The van der Waals surface area contributed by atoms with Gasteiger partial charge in [0.15, 0.2) is 0 Å². The third kappa shape index (κ3) is 4.19. The molecule has 0 saturated carbocycles. The van der Waals surface area contributed by atoms with Crippen molar-refractivity contribution < 1.29 is 0 Å². The smallest absolute Gasteiger partial charge is 0.0233 e. The molecule has 0 amide bonds. The van der Waals surface area contributed by atoms with Crippen LogP contribution in [0.5, 0.6) is 0 Å². The van der Waals surface area contributed by atoms with E-state index < -0.39 is 0 Å². The lowest BCUT2D eigenvalue weighted by molar-refractivity contribution is 0.177. The number of benzene rings is 2. The van der Waals surface area contributed by atoms with Gasteiger partial charge < -0.3 is 5.32 Å². The Morgan fingerprint density at radius 3 is 2.48 bits per heavy atom. The standard InChI is InChI=1S/C18H24N2.ClH/c1-19-13-15-8-10-20(11-9-15)14-16-6-7-17-4-2-3-5-18(17)12-16;/h2-7,12,15,19H,8-11,13-14H2,1H3;1H. The van der Waals surface area contributed by atoms with Crippen molar-refractivity contribution in [2.24, 2.45) is 5.92 Å². The quantitative estimate of drug-likeness (QED) is 0.926. The molecule has 1 N–H and O–H groups in total. The van der Waals surface area contributed by atoms with E-state index in [2.05, 4.69) is 59.7 Å². The first-order valence-corrected chi connectivity index (χ1v) is 7.70. The van der Waals surface area contributed by atoms with Crippen LogP contribution in [0.4, 0.5) is 0 Å². The van der Waals surface area contributed by atoms with E-state index >= 15 is 0 Å². The van der Waals surface area contributed by atoms with Crippen molar-refractivity contribution in [2.75, 3.05) is 26.7 Å². The number of hydrogen-bond donors (Lipinski definition) is 1. The molecule has 2 aromatic rings. The average Bonchev–Trinajstić information content (AvgIpc) is 2.49. The van der Waals surface area contributed by atoms with Crippen molar-refractivity contribution in [3.8, 4) is 0 Å². The van der Waals surface area contributed by atoms with Crippen LogP contribution in [0.3, 0.4) is 0 Å². The number of rotatable bonds is 4. The fraction of sp³-hybridized carbons (Fsp3) is 0.444. The van der Waals surface area contributed by atoms with Gasteiger partial charge in [0.2, 0.25) is 0 Å². The SMILES string of the molecule is CNCC1CCN(Cc2ccc3ccccc3c2)CC1.Cl. The Bertz CT molecular complexity index is 562. The normalized spacial score (nSPS) is 16.8. The maximum Gasteiger partial charge on any atom is 0.0233 e. The zero-order chi connectivity index (χ0) is 13.8. The highest BCUT2D eigenvalue weighted by Crippen LogP contribution is 2.20. The summed E-state index contributed by atoms with van der Waals surface area (Å²) >= 11 is 0. The lowest BCUT2D eigenvalue weighted by Crippen LogP contribution is -2.36. The first kappa shape index (κ1) is 16.3. The van der Waals surface area contributed by atoms with E-state index in [0.717, 1.165) is 12.5 Å². The number of nitrogens with one attached hydrogen (secondary N) is 1. The van der Waals surface area contributed by atoms with Gasteiger partial charge in [-0.15, -0.1) is 12.4 Å². The summed E-state index contributed by atoms with van der Waals surface area (Å²) in [5.41, 5.74) is 1.44. The molecule has 0 aliphatic carbocycles. The monoisotopic (exact) mass is 304 g/mol. The van der Waals surface area contributed by atoms with Crippen LogP contribution in [0, 0.1) is 5.92 Å². The fourth-order valence-electron chi connectivity index (χ4n) is 3.23. The predicted molar refractivity (Wildman–Crippen MR) is 93.1 cm³/mol. The Balaban J connectivity index is 0.00000161. The summed E-state index contributed by atoms with van der Waals surface area (Å²) in [6, 6.07) is 15.5. The lowest BCUT2D eigenvalue weighted by atomic mass is 9.96. The summed E-state index contributed by atoms with van der Waals surface area (Å²) in [5.74, 6) is 0.868. The first-order valence-electron chi connectivity index (χ1n) is 7.70. The summed E-state index contributed by atoms with van der Waals surface area (Å²) in [6.45, 7) is 4.74. The Morgan fingerprint density at radius 1 is 1.05 bits per heavy atom. The van der Waals surface area contributed by atoms with E-state index in [1.54, 1.807) is 0 Å². The molecule has 0 unspecified atom stereocenters. The minimum absolute atomic E-state index is 0. The Hall–Kier alpha value is -1.09. The molecule has 0 bridgehead atoms. The molecule has 0 spiro atoms.